The van der Waals surface area contributed by atoms with Gasteiger partial charge in [-0.3, -0.25) is 10.4 Å². The second-order valence-corrected chi connectivity index (χ2v) is 4.96. The molecule has 4 heteroatoms. The summed E-state index contributed by atoms with van der Waals surface area (Å²) >= 11 is 0. The fourth-order valence-corrected chi connectivity index (χ4v) is 2.09. The monoisotopic (exact) mass is 268 g/mol. The molecule has 104 valence electrons. The summed E-state index contributed by atoms with van der Waals surface area (Å²) in [5.41, 5.74) is 8.71. The van der Waals surface area contributed by atoms with Crippen molar-refractivity contribution in [1.82, 2.24) is 9.88 Å². The van der Waals surface area contributed by atoms with Crippen molar-refractivity contribution in [3.63, 3.8) is 0 Å². The van der Waals surface area contributed by atoms with Gasteiger partial charge in [-0.05, 0) is 36.7 Å². The molecule has 0 amide bonds. The van der Waals surface area contributed by atoms with Crippen LogP contribution in [0.2, 0.25) is 0 Å². The minimum absolute atomic E-state index is 0.116. The van der Waals surface area contributed by atoms with Crippen molar-refractivity contribution in [3.8, 4) is 0 Å². The Kier molecular flexibility index (Phi) is 4.85. The van der Waals surface area contributed by atoms with Gasteiger partial charge in [-0.1, -0.05) is 24.3 Å². The summed E-state index contributed by atoms with van der Waals surface area (Å²) in [4.78, 5) is 6.38. The lowest BCUT2D eigenvalue weighted by molar-refractivity contribution is 0.331. The lowest BCUT2D eigenvalue weighted by atomic mass is 10.1. The van der Waals surface area contributed by atoms with Crippen LogP contribution in [0.15, 0.2) is 48.8 Å². The summed E-state index contributed by atoms with van der Waals surface area (Å²) in [6.07, 6.45) is 4.68. The van der Waals surface area contributed by atoms with Crippen LogP contribution in [-0.2, 0) is 13.0 Å². The van der Waals surface area contributed by atoms with E-state index in [9.17, 15) is 0 Å². The Bertz CT molecular complexity index is 566. The van der Waals surface area contributed by atoms with Gasteiger partial charge in [0.2, 0.25) is 0 Å². The average Bonchev–Trinajstić information content (AvgIpc) is 2.46. The number of benzene rings is 1. The van der Waals surface area contributed by atoms with E-state index in [0.29, 0.717) is 0 Å². The third-order valence-corrected chi connectivity index (χ3v) is 3.20. The minimum atomic E-state index is 0.116. The smallest absolute Gasteiger partial charge is 0.122 e. The van der Waals surface area contributed by atoms with Crippen LogP contribution in [0.25, 0.3) is 0 Å². The van der Waals surface area contributed by atoms with E-state index in [2.05, 4.69) is 29.1 Å². The van der Waals surface area contributed by atoms with Gasteiger partial charge in [0.25, 0.3) is 0 Å². The van der Waals surface area contributed by atoms with Crippen molar-refractivity contribution in [2.45, 2.75) is 13.0 Å². The number of rotatable bonds is 6. The van der Waals surface area contributed by atoms with E-state index < -0.39 is 0 Å². The molecular weight excluding hydrogens is 248 g/mol. The first-order valence-electron chi connectivity index (χ1n) is 6.66. The summed E-state index contributed by atoms with van der Waals surface area (Å²) in [6.45, 7) is 1.82. The number of hydrogen-bond acceptors (Lipinski definition) is 3. The Labute approximate surface area is 119 Å². The second-order valence-electron chi connectivity index (χ2n) is 4.96. The fraction of sp³-hybridized carbons (Fsp3) is 0.250. The van der Waals surface area contributed by atoms with Crippen LogP contribution in [-0.4, -0.2) is 29.3 Å². The first kappa shape index (κ1) is 14.2. The molecule has 1 aromatic carbocycles. The molecular formula is C16H20N4. The van der Waals surface area contributed by atoms with Crippen molar-refractivity contribution in [1.29, 1.82) is 5.41 Å². The third kappa shape index (κ3) is 4.17. The molecule has 2 rings (SSSR count). The van der Waals surface area contributed by atoms with Gasteiger partial charge >= 0.3 is 0 Å². The third-order valence-electron chi connectivity index (χ3n) is 3.20. The highest BCUT2D eigenvalue weighted by Gasteiger charge is 2.03. The second kappa shape index (κ2) is 6.82. The number of likely N-dealkylation sites (N-methyl/N-ethyl adjacent to an activating group) is 1. The Morgan fingerprint density at radius 2 is 2.05 bits per heavy atom. The predicted octanol–water partition coefficient (Wildman–Crippen LogP) is 2.04. The molecule has 0 aliphatic heterocycles. The molecule has 0 spiro atoms. The van der Waals surface area contributed by atoms with Gasteiger partial charge in [-0.2, -0.15) is 0 Å². The van der Waals surface area contributed by atoms with E-state index >= 15 is 0 Å². The minimum Gasteiger partial charge on any atom is -0.384 e. The maximum atomic E-state index is 7.47. The van der Waals surface area contributed by atoms with Crippen LogP contribution in [0.5, 0.6) is 0 Å². The van der Waals surface area contributed by atoms with Crippen molar-refractivity contribution < 1.29 is 0 Å². The van der Waals surface area contributed by atoms with Crippen molar-refractivity contribution in [2.75, 3.05) is 13.6 Å². The number of pyridine rings is 1. The van der Waals surface area contributed by atoms with Crippen LogP contribution < -0.4 is 5.73 Å². The Balaban J connectivity index is 1.89. The van der Waals surface area contributed by atoms with Gasteiger partial charge in [0.15, 0.2) is 0 Å². The summed E-state index contributed by atoms with van der Waals surface area (Å²) in [5.74, 6) is 0.116. The molecule has 0 unspecified atom stereocenters. The van der Waals surface area contributed by atoms with Crippen LogP contribution in [0, 0.1) is 5.41 Å². The number of hydrogen-bond donors (Lipinski definition) is 2. The van der Waals surface area contributed by atoms with E-state index in [1.54, 1.807) is 6.20 Å². The molecule has 4 nitrogen and oxygen atoms in total. The molecule has 0 bridgehead atoms. The zero-order chi connectivity index (χ0) is 14.4. The molecule has 0 aliphatic rings. The highest BCUT2D eigenvalue weighted by Crippen LogP contribution is 2.08. The number of nitrogens with two attached hydrogens (primary N) is 1. The van der Waals surface area contributed by atoms with Gasteiger partial charge in [-0.15, -0.1) is 0 Å². The molecule has 0 radical (unpaired) electrons. The lowest BCUT2D eigenvalue weighted by Crippen LogP contribution is -2.21. The SMILES string of the molecule is CN(CCc1cccnc1)Cc1cccc(C(=N)N)c1. The van der Waals surface area contributed by atoms with E-state index in [1.165, 1.54) is 11.1 Å². The van der Waals surface area contributed by atoms with Crippen molar-refractivity contribution in [3.05, 3.63) is 65.5 Å². The lowest BCUT2D eigenvalue weighted by Gasteiger charge is -2.17. The van der Waals surface area contributed by atoms with Crippen LogP contribution in [0.1, 0.15) is 16.7 Å². The Hall–Kier alpha value is -2.20. The van der Waals surface area contributed by atoms with Crippen molar-refractivity contribution in [2.24, 2.45) is 5.73 Å². The topological polar surface area (TPSA) is 66.0 Å². The average molecular weight is 268 g/mol. The molecule has 0 atom stereocenters. The van der Waals surface area contributed by atoms with Gasteiger partial charge in [0.1, 0.15) is 5.84 Å². The summed E-state index contributed by atoms with van der Waals surface area (Å²) in [7, 11) is 2.09. The number of nitrogens with one attached hydrogen (secondary N) is 1. The van der Waals surface area contributed by atoms with E-state index in [0.717, 1.165) is 25.1 Å². The maximum Gasteiger partial charge on any atom is 0.122 e. The zero-order valence-corrected chi connectivity index (χ0v) is 11.7. The normalized spacial score (nSPS) is 10.7. The van der Waals surface area contributed by atoms with E-state index in [-0.39, 0.29) is 5.84 Å². The number of nitrogens with zero attached hydrogens (tertiary/aromatic N) is 2. The molecule has 0 saturated heterocycles. The van der Waals surface area contributed by atoms with Crippen molar-refractivity contribution >= 4 is 5.84 Å². The van der Waals surface area contributed by atoms with Gasteiger partial charge in [-0.25, -0.2) is 0 Å². The predicted molar refractivity (Wildman–Crippen MR) is 81.7 cm³/mol. The van der Waals surface area contributed by atoms with Gasteiger partial charge in [0, 0.05) is 31.0 Å². The Morgan fingerprint density at radius 3 is 2.75 bits per heavy atom. The molecule has 2 aromatic rings. The summed E-state index contributed by atoms with van der Waals surface area (Å²) < 4.78 is 0. The van der Waals surface area contributed by atoms with Crippen LogP contribution >= 0.6 is 0 Å². The van der Waals surface area contributed by atoms with Gasteiger partial charge in [0.05, 0.1) is 0 Å². The van der Waals surface area contributed by atoms with Crippen LogP contribution in [0.4, 0.5) is 0 Å². The molecule has 1 heterocycles. The van der Waals surface area contributed by atoms with E-state index in [1.807, 2.05) is 30.5 Å². The van der Waals surface area contributed by atoms with E-state index in [4.69, 9.17) is 11.1 Å². The largest absolute Gasteiger partial charge is 0.384 e. The molecule has 0 fully saturated rings. The standard InChI is InChI=1S/C16H20N4/c1-20(9-7-13-5-3-8-19-11-13)12-14-4-2-6-15(10-14)16(17)18/h2-6,8,10-11H,7,9,12H2,1H3,(H3,17,18). The molecule has 1 aromatic heterocycles. The number of amidine groups is 1. The number of aromatic nitrogens is 1. The summed E-state index contributed by atoms with van der Waals surface area (Å²) in [6, 6.07) is 11.9. The maximum absolute atomic E-state index is 7.47. The van der Waals surface area contributed by atoms with Gasteiger partial charge < -0.3 is 10.6 Å². The zero-order valence-electron chi connectivity index (χ0n) is 11.7. The molecule has 20 heavy (non-hydrogen) atoms. The highest BCUT2D eigenvalue weighted by molar-refractivity contribution is 5.95. The molecule has 3 N–H and O–H groups in total. The van der Waals surface area contributed by atoms with Crippen LogP contribution in [0.3, 0.4) is 0 Å². The molecule has 0 saturated carbocycles. The number of nitrogen functional groups attached to an aromatic ring is 1. The first-order chi connectivity index (χ1) is 9.65. The Morgan fingerprint density at radius 1 is 1.25 bits per heavy atom. The molecule has 0 aliphatic carbocycles. The quantitative estimate of drug-likeness (QED) is 0.622. The summed E-state index contributed by atoms with van der Waals surface area (Å²) in [5, 5.41) is 7.47. The fourth-order valence-electron chi connectivity index (χ4n) is 2.09. The highest BCUT2D eigenvalue weighted by atomic mass is 15.1. The first-order valence-corrected chi connectivity index (χ1v) is 6.66.